The first-order chi connectivity index (χ1) is 40.6. The summed E-state index contributed by atoms with van der Waals surface area (Å²) in [5.41, 5.74) is 0. The zero-order chi connectivity index (χ0) is 60.5. The number of allylic oxidation sites excluding steroid dienone is 24. The minimum atomic E-state index is -1.64. The van der Waals surface area contributed by atoms with Crippen LogP contribution in [0.3, 0.4) is 0 Å². The predicted molar refractivity (Wildman–Crippen MR) is 352 cm³/mol. The standard InChI is InChI=1S/C74H121NO8/c1-6-8-10-12-14-16-18-20-22-24-26-28-30-32-33-34-35-36-37-38-39-41-43-45-47-49-51-53-55-57-59-61-63-65-72(77)83-70(69-82-74(73(78)79)80-67-66-75(3,4)5)68-81-71(76)64-62-60-58-56-54-52-50-48-46-44-42-40-31-29-27-25-23-21-19-17-15-13-11-9-7-2/h8,10,14,16,19-22,25-28,31-33,35-36,38-40,43,45,49,51,70,74H,6-7,9,11-13,15,17-18,23-24,29-30,34,37,41-42,44,46-48,50,52-69H2,1-5H3/b10-8-,16-14-,21-19-,22-20-,27-25-,28-26-,33-32-,36-35-,39-38-,40-31-,45-43-,51-49-. The van der Waals surface area contributed by atoms with Crippen LogP contribution in [-0.2, 0) is 33.3 Å². The van der Waals surface area contributed by atoms with E-state index in [2.05, 4.69) is 160 Å². The first-order valence-electron chi connectivity index (χ1n) is 33.0. The molecule has 0 N–H and O–H groups in total. The number of carbonyl (C=O) groups excluding carboxylic acids is 3. The fraction of sp³-hybridized carbons (Fsp3) is 0.635. The molecule has 0 aliphatic carbocycles. The number of nitrogens with zero attached hydrogens (tertiary/aromatic N) is 1. The monoisotopic (exact) mass is 1150 g/mol. The second-order valence-corrected chi connectivity index (χ2v) is 22.7. The van der Waals surface area contributed by atoms with Gasteiger partial charge in [-0.1, -0.05) is 256 Å². The van der Waals surface area contributed by atoms with Gasteiger partial charge in [-0.3, -0.25) is 9.59 Å². The zero-order valence-electron chi connectivity index (χ0n) is 53.5. The van der Waals surface area contributed by atoms with Crippen LogP contribution in [0.4, 0.5) is 0 Å². The van der Waals surface area contributed by atoms with Gasteiger partial charge >= 0.3 is 11.9 Å². The van der Waals surface area contributed by atoms with Crippen molar-refractivity contribution in [2.24, 2.45) is 0 Å². The third-order valence-corrected chi connectivity index (χ3v) is 13.6. The predicted octanol–water partition coefficient (Wildman–Crippen LogP) is 19.0. The molecule has 0 fully saturated rings. The molecule has 9 nitrogen and oxygen atoms in total. The molecular weight excluding hydrogens is 1030 g/mol. The van der Waals surface area contributed by atoms with Gasteiger partial charge in [-0.2, -0.15) is 0 Å². The average Bonchev–Trinajstić information content (AvgIpc) is 3.46. The summed E-state index contributed by atoms with van der Waals surface area (Å²) < 4.78 is 22.7. The summed E-state index contributed by atoms with van der Waals surface area (Å²) in [4.78, 5) is 37.4. The Morgan fingerprint density at radius 2 is 0.687 bits per heavy atom. The number of carboxylic acid groups (broad SMARTS) is 1. The lowest BCUT2D eigenvalue weighted by Crippen LogP contribution is -2.44. The summed E-state index contributed by atoms with van der Waals surface area (Å²) >= 11 is 0. The third-order valence-electron chi connectivity index (χ3n) is 13.6. The van der Waals surface area contributed by atoms with Gasteiger partial charge in [0.15, 0.2) is 12.4 Å². The van der Waals surface area contributed by atoms with Gasteiger partial charge in [0.2, 0.25) is 0 Å². The SMILES string of the molecule is CC/C=C\C/C=C\C/C=C\C/C=C\C/C=C\C/C=C\C/C=C\C/C=C\C/C=C\CCCCCCCC(=O)OC(COC(=O)CCCCCCCCCCCC/C=C\C/C=C\C/C=C\CCCCCCC)COC(OCC[N+](C)(C)C)C(=O)[O-]. The average molecular weight is 1150 g/mol. The molecule has 0 amide bonds. The fourth-order valence-electron chi connectivity index (χ4n) is 8.54. The summed E-state index contributed by atoms with van der Waals surface area (Å²) in [6.07, 6.45) is 89.0. The Bertz CT molecular complexity index is 1870. The maximum Gasteiger partial charge on any atom is 0.306 e. The van der Waals surface area contributed by atoms with Gasteiger partial charge in [0, 0.05) is 12.8 Å². The van der Waals surface area contributed by atoms with Crippen LogP contribution in [0.2, 0.25) is 0 Å². The first-order valence-corrected chi connectivity index (χ1v) is 33.0. The number of rotatable bonds is 59. The van der Waals surface area contributed by atoms with E-state index in [0.717, 1.165) is 135 Å². The molecule has 470 valence electrons. The van der Waals surface area contributed by atoms with Crippen molar-refractivity contribution in [2.45, 2.75) is 257 Å². The molecule has 0 radical (unpaired) electrons. The molecule has 0 aliphatic rings. The number of unbranched alkanes of at least 4 members (excludes halogenated alkanes) is 20. The smallest absolute Gasteiger partial charge is 0.306 e. The van der Waals surface area contributed by atoms with Crippen molar-refractivity contribution in [3.05, 3.63) is 146 Å². The fourth-order valence-corrected chi connectivity index (χ4v) is 8.54. The topological polar surface area (TPSA) is 111 Å². The quantitative estimate of drug-likeness (QED) is 0.0195. The zero-order valence-corrected chi connectivity index (χ0v) is 53.5. The number of ether oxygens (including phenoxy) is 4. The summed E-state index contributed by atoms with van der Waals surface area (Å²) in [6.45, 7) is 4.58. The van der Waals surface area contributed by atoms with Gasteiger partial charge in [0.05, 0.1) is 40.3 Å². The molecule has 0 saturated heterocycles. The Morgan fingerprint density at radius 3 is 1.02 bits per heavy atom. The molecule has 2 unspecified atom stereocenters. The molecule has 0 rings (SSSR count). The van der Waals surface area contributed by atoms with Crippen LogP contribution in [0, 0.1) is 0 Å². The molecule has 2 atom stereocenters. The van der Waals surface area contributed by atoms with Crippen LogP contribution in [-0.4, -0.2) is 82.3 Å². The van der Waals surface area contributed by atoms with Crippen molar-refractivity contribution in [3.63, 3.8) is 0 Å². The minimum absolute atomic E-state index is 0.135. The normalized spacial score (nSPS) is 13.7. The van der Waals surface area contributed by atoms with Crippen molar-refractivity contribution >= 4 is 17.9 Å². The molecule has 0 bridgehead atoms. The van der Waals surface area contributed by atoms with E-state index in [-0.39, 0.29) is 38.6 Å². The largest absolute Gasteiger partial charge is 0.545 e. The van der Waals surface area contributed by atoms with E-state index < -0.39 is 24.3 Å². The number of quaternary nitrogens is 1. The Balaban J connectivity index is 4.28. The Labute approximate surface area is 509 Å². The maximum absolute atomic E-state index is 12.9. The van der Waals surface area contributed by atoms with Gasteiger partial charge in [-0.15, -0.1) is 0 Å². The molecule has 0 spiro atoms. The van der Waals surface area contributed by atoms with E-state index in [1.165, 1.54) is 77.0 Å². The molecule has 0 aromatic rings. The van der Waals surface area contributed by atoms with Crippen LogP contribution >= 0.6 is 0 Å². The van der Waals surface area contributed by atoms with Gasteiger partial charge in [0.1, 0.15) is 13.2 Å². The summed E-state index contributed by atoms with van der Waals surface area (Å²) in [6, 6.07) is 0. The lowest BCUT2D eigenvalue weighted by Gasteiger charge is -2.26. The van der Waals surface area contributed by atoms with E-state index in [4.69, 9.17) is 18.9 Å². The van der Waals surface area contributed by atoms with Crippen molar-refractivity contribution in [1.29, 1.82) is 0 Å². The third kappa shape index (κ3) is 64.6. The molecule has 0 heterocycles. The van der Waals surface area contributed by atoms with Gasteiger partial charge in [-0.05, 0) is 122 Å². The highest BCUT2D eigenvalue weighted by atomic mass is 16.7. The van der Waals surface area contributed by atoms with E-state index in [1.54, 1.807) is 0 Å². The van der Waals surface area contributed by atoms with Crippen LogP contribution in [0.1, 0.15) is 245 Å². The van der Waals surface area contributed by atoms with Crippen molar-refractivity contribution in [1.82, 2.24) is 0 Å². The summed E-state index contributed by atoms with van der Waals surface area (Å²) in [5, 5.41) is 11.8. The minimum Gasteiger partial charge on any atom is -0.545 e. The molecule has 0 aliphatic heterocycles. The lowest BCUT2D eigenvalue weighted by atomic mass is 10.1. The number of carbonyl (C=O) groups is 3. The summed E-state index contributed by atoms with van der Waals surface area (Å²) in [5.74, 6) is -2.33. The van der Waals surface area contributed by atoms with Gasteiger partial charge < -0.3 is 33.3 Å². The Kier molecular flexibility index (Phi) is 59.5. The van der Waals surface area contributed by atoms with E-state index in [0.29, 0.717) is 17.4 Å². The summed E-state index contributed by atoms with van der Waals surface area (Å²) in [7, 11) is 5.91. The number of carboxylic acids is 1. The number of likely N-dealkylation sites (N-methyl/N-ethyl adjacent to an activating group) is 1. The second kappa shape index (κ2) is 63.2. The Hall–Kier alpha value is -4.83. The van der Waals surface area contributed by atoms with Crippen molar-refractivity contribution in [3.8, 4) is 0 Å². The van der Waals surface area contributed by atoms with E-state index in [1.807, 2.05) is 21.1 Å². The number of hydrogen-bond donors (Lipinski definition) is 0. The van der Waals surface area contributed by atoms with Crippen LogP contribution < -0.4 is 5.11 Å². The highest BCUT2D eigenvalue weighted by Crippen LogP contribution is 2.15. The van der Waals surface area contributed by atoms with Crippen molar-refractivity contribution in [2.75, 3.05) is 47.5 Å². The Morgan fingerprint density at radius 1 is 0.373 bits per heavy atom. The molecule has 0 saturated carbocycles. The first kappa shape index (κ1) is 78.2. The van der Waals surface area contributed by atoms with Crippen LogP contribution in [0.5, 0.6) is 0 Å². The number of hydrogen-bond acceptors (Lipinski definition) is 8. The molecule has 0 aromatic heterocycles. The van der Waals surface area contributed by atoms with Gasteiger partial charge in [0.25, 0.3) is 0 Å². The molecule has 9 heteroatoms. The lowest BCUT2D eigenvalue weighted by molar-refractivity contribution is -0.870. The maximum atomic E-state index is 12.9. The molecule has 0 aromatic carbocycles. The van der Waals surface area contributed by atoms with E-state index >= 15 is 0 Å². The second-order valence-electron chi connectivity index (χ2n) is 22.7. The van der Waals surface area contributed by atoms with Crippen LogP contribution in [0.15, 0.2) is 146 Å². The van der Waals surface area contributed by atoms with E-state index in [9.17, 15) is 19.5 Å². The van der Waals surface area contributed by atoms with Crippen molar-refractivity contribution < 1.29 is 42.9 Å². The highest BCUT2D eigenvalue weighted by molar-refractivity contribution is 5.70. The number of esters is 2. The molecular formula is C74H121NO8. The molecule has 83 heavy (non-hydrogen) atoms. The van der Waals surface area contributed by atoms with Gasteiger partial charge in [-0.25, -0.2) is 0 Å². The highest BCUT2D eigenvalue weighted by Gasteiger charge is 2.22. The number of aliphatic carboxylic acids is 1. The van der Waals surface area contributed by atoms with Crippen LogP contribution in [0.25, 0.3) is 0 Å².